The molecule has 184 valence electrons. The molecule has 3 rings (SSSR count). The van der Waals surface area contributed by atoms with Gasteiger partial charge >= 0.3 is 0 Å². The van der Waals surface area contributed by atoms with E-state index in [1.54, 1.807) is 23.3 Å². The van der Waals surface area contributed by atoms with Gasteiger partial charge < -0.3 is 15.5 Å². The van der Waals surface area contributed by atoms with Crippen LogP contribution in [0.25, 0.3) is 10.4 Å². The summed E-state index contributed by atoms with van der Waals surface area (Å²) in [5, 5.41) is 6.15. The van der Waals surface area contributed by atoms with Crippen molar-refractivity contribution in [1.29, 1.82) is 0 Å². The van der Waals surface area contributed by atoms with Crippen molar-refractivity contribution in [1.82, 2.24) is 20.5 Å². The number of carbonyl (C=O) groups excluding carboxylic acids is 2. The van der Waals surface area contributed by atoms with Crippen LogP contribution in [0.15, 0.2) is 29.8 Å². The van der Waals surface area contributed by atoms with Gasteiger partial charge in [-0.25, -0.2) is 4.98 Å². The highest BCUT2D eigenvalue weighted by Gasteiger charge is 2.40. The summed E-state index contributed by atoms with van der Waals surface area (Å²) in [6, 6.07) is 7.48. The quantitative estimate of drug-likeness (QED) is 0.616. The SMILES string of the molecule is C.CC.CNC(C(=O)N1CCCC1C(=O)NCc1ccc(-c2scnc2C)cc1)C(C)(C)C. The van der Waals surface area contributed by atoms with E-state index in [0.717, 1.165) is 23.2 Å². The first-order chi connectivity index (χ1) is 15.2. The van der Waals surface area contributed by atoms with E-state index in [4.69, 9.17) is 0 Å². The minimum Gasteiger partial charge on any atom is -0.350 e. The molecule has 6 nitrogen and oxygen atoms in total. The van der Waals surface area contributed by atoms with Crippen molar-refractivity contribution in [2.24, 2.45) is 5.41 Å². The Morgan fingerprint density at radius 3 is 2.36 bits per heavy atom. The van der Waals surface area contributed by atoms with Crippen molar-refractivity contribution in [3.63, 3.8) is 0 Å². The molecule has 1 aromatic carbocycles. The predicted molar refractivity (Wildman–Crippen MR) is 139 cm³/mol. The van der Waals surface area contributed by atoms with E-state index >= 15 is 0 Å². The van der Waals surface area contributed by atoms with Gasteiger partial charge in [0.25, 0.3) is 0 Å². The van der Waals surface area contributed by atoms with Crippen LogP contribution in [0, 0.1) is 12.3 Å². The molecule has 1 aliphatic heterocycles. The maximum Gasteiger partial charge on any atom is 0.243 e. The average Bonchev–Trinajstić information content (AvgIpc) is 3.42. The highest BCUT2D eigenvalue weighted by Crippen LogP contribution is 2.28. The predicted octanol–water partition coefficient (Wildman–Crippen LogP) is 5.02. The minimum absolute atomic E-state index is 0. The Hall–Kier alpha value is -2.25. The zero-order chi connectivity index (χ0) is 23.9. The van der Waals surface area contributed by atoms with Crippen LogP contribution in [0.5, 0.6) is 0 Å². The van der Waals surface area contributed by atoms with Gasteiger partial charge in [-0.1, -0.05) is 66.3 Å². The highest BCUT2D eigenvalue weighted by molar-refractivity contribution is 7.13. The lowest BCUT2D eigenvalue weighted by Gasteiger charge is -2.34. The molecule has 1 aromatic heterocycles. The second kappa shape index (κ2) is 12.8. The summed E-state index contributed by atoms with van der Waals surface area (Å²) in [7, 11) is 1.80. The second-order valence-electron chi connectivity index (χ2n) is 8.96. The van der Waals surface area contributed by atoms with Crippen LogP contribution >= 0.6 is 11.3 Å². The number of hydrogen-bond acceptors (Lipinski definition) is 5. The van der Waals surface area contributed by atoms with Crippen molar-refractivity contribution in [2.45, 2.75) is 80.4 Å². The largest absolute Gasteiger partial charge is 0.350 e. The van der Waals surface area contributed by atoms with Crippen molar-refractivity contribution < 1.29 is 9.59 Å². The molecule has 0 spiro atoms. The first-order valence-electron chi connectivity index (χ1n) is 11.5. The Labute approximate surface area is 204 Å². The number of aromatic nitrogens is 1. The highest BCUT2D eigenvalue weighted by atomic mass is 32.1. The van der Waals surface area contributed by atoms with Gasteiger partial charge in [-0.2, -0.15) is 0 Å². The molecule has 2 aromatic rings. The van der Waals surface area contributed by atoms with Crippen LogP contribution in [0.4, 0.5) is 0 Å². The lowest BCUT2D eigenvalue weighted by molar-refractivity contribution is -0.142. The summed E-state index contributed by atoms with van der Waals surface area (Å²) in [6.45, 7) is 13.2. The molecule has 0 radical (unpaired) electrons. The third kappa shape index (κ3) is 7.11. The Balaban J connectivity index is 0.00000177. The number of thiazole rings is 1. The average molecular weight is 475 g/mol. The fourth-order valence-corrected chi connectivity index (χ4v) is 4.87. The van der Waals surface area contributed by atoms with Crippen LogP contribution in [0.1, 0.15) is 66.1 Å². The van der Waals surface area contributed by atoms with Crippen molar-refractivity contribution >= 4 is 23.2 Å². The molecule has 0 saturated carbocycles. The molecule has 2 N–H and O–H groups in total. The fourth-order valence-electron chi connectivity index (χ4n) is 4.06. The van der Waals surface area contributed by atoms with Crippen LogP contribution in [-0.4, -0.2) is 47.4 Å². The van der Waals surface area contributed by atoms with Crippen LogP contribution in [0.3, 0.4) is 0 Å². The van der Waals surface area contributed by atoms with E-state index in [1.807, 2.05) is 59.2 Å². The van der Waals surface area contributed by atoms with Gasteiger partial charge in [-0.15, -0.1) is 11.3 Å². The number of likely N-dealkylation sites (tertiary alicyclic amines) is 1. The minimum atomic E-state index is -0.394. The molecule has 1 fully saturated rings. The zero-order valence-corrected chi connectivity index (χ0v) is 21.3. The number of nitrogens with one attached hydrogen (secondary N) is 2. The first kappa shape index (κ1) is 28.8. The lowest BCUT2D eigenvalue weighted by Crippen LogP contribution is -2.55. The van der Waals surface area contributed by atoms with E-state index in [2.05, 4.69) is 27.8 Å². The van der Waals surface area contributed by atoms with Crippen LogP contribution in [0.2, 0.25) is 0 Å². The number of rotatable bonds is 6. The van der Waals surface area contributed by atoms with Gasteiger partial charge in [0.2, 0.25) is 11.8 Å². The summed E-state index contributed by atoms with van der Waals surface area (Å²) in [5.74, 6) is -0.0704. The number of amides is 2. The van der Waals surface area contributed by atoms with E-state index in [-0.39, 0.29) is 30.7 Å². The standard InChI is InChI=1S/C23H32N4O2S.C2H6.CH4/c1-15-19(30-14-26-15)17-10-8-16(9-11-17)13-25-21(28)18-7-6-12-27(18)22(29)20(24-5)23(2,3)4;1-2;/h8-11,14,18,20,24H,6-7,12-13H2,1-5H3,(H,25,28);1-2H3;1H4. The van der Waals surface area contributed by atoms with Crippen LogP contribution < -0.4 is 10.6 Å². The molecular formula is C26H42N4O2S. The van der Waals surface area contributed by atoms with E-state index < -0.39 is 6.04 Å². The summed E-state index contributed by atoms with van der Waals surface area (Å²) in [5.41, 5.74) is 4.84. The molecule has 0 bridgehead atoms. The summed E-state index contributed by atoms with van der Waals surface area (Å²) in [6.07, 6.45) is 1.56. The van der Waals surface area contributed by atoms with Gasteiger partial charge in [0, 0.05) is 13.1 Å². The van der Waals surface area contributed by atoms with Gasteiger partial charge in [-0.05, 0) is 43.4 Å². The fraction of sp³-hybridized carbons (Fsp3) is 0.577. The Morgan fingerprint density at radius 1 is 1.21 bits per heavy atom. The number of hydrogen-bond donors (Lipinski definition) is 2. The molecule has 1 aliphatic rings. The molecule has 7 heteroatoms. The van der Waals surface area contributed by atoms with Gasteiger partial charge in [0.1, 0.15) is 6.04 Å². The Kier molecular flexibility index (Phi) is 11.2. The molecule has 2 atom stereocenters. The van der Waals surface area contributed by atoms with Gasteiger partial charge in [-0.3, -0.25) is 9.59 Å². The van der Waals surface area contributed by atoms with Gasteiger partial charge in [0.05, 0.1) is 22.1 Å². The third-order valence-corrected chi connectivity index (χ3v) is 6.65. The molecular weight excluding hydrogens is 432 g/mol. The maximum atomic E-state index is 13.1. The van der Waals surface area contributed by atoms with Crippen molar-refractivity contribution in [3.8, 4) is 10.4 Å². The molecule has 1 saturated heterocycles. The van der Waals surface area contributed by atoms with Gasteiger partial charge in [0.15, 0.2) is 0 Å². The Morgan fingerprint density at radius 2 is 1.85 bits per heavy atom. The number of aryl methyl sites for hydroxylation is 1. The summed E-state index contributed by atoms with van der Waals surface area (Å²) >= 11 is 1.63. The normalized spacial score (nSPS) is 16.3. The number of likely N-dealkylation sites (N-methyl/N-ethyl adjacent to an activating group) is 1. The van der Waals surface area contributed by atoms with Crippen molar-refractivity contribution in [2.75, 3.05) is 13.6 Å². The Bertz CT molecular complexity index is 886. The lowest BCUT2D eigenvalue weighted by atomic mass is 9.86. The van der Waals surface area contributed by atoms with Crippen molar-refractivity contribution in [3.05, 3.63) is 41.0 Å². The van der Waals surface area contributed by atoms with E-state index in [9.17, 15) is 9.59 Å². The van der Waals surface area contributed by atoms with E-state index in [0.29, 0.717) is 19.5 Å². The molecule has 33 heavy (non-hydrogen) atoms. The summed E-state index contributed by atoms with van der Waals surface area (Å²) < 4.78 is 0. The molecule has 2 heterocycles. The molecule has 2 unspecified atom stereocenters. The number of benzene rings is 1. The van der Waals surface area contributed by atoms with E-state index in [1.165, 1.54) is 4.88 Å². The topological polar surface area (TPSA) is 74.3 Å². The monoisotopic (exact) mass is 474 g/mol. The third-order valence-electron chi connectivity index (χ3n) is 5.67. The number of carbonyl (C=O) groups is 2. The number of nitrogens with zero attached hydrogens (tertiary/aromatic N) is 2. The molecule has 0 aliphatic carbocycles. The smallest absolute Gasteiger partial charge is 0.243 e. The van der Waals surface area contributed by atoms with Crippen LogP contribution in [-0.2, 0) is 16.1 Å². The molecule has 2 amide bonds. The first-order valence-corrected chi connectivity index (χ1v) is 12.3. The zero-order valence-electron chi connectivity index (χ0n) is 20.5. The second-order valence-corrected chi connectivity index (χ2v) is 9.81. The summed E-state index contributed by atoms with van der Waals surface area (Å²) in [4.78, 5) is 33.1. The maximum absolute atomic E-state index is 13.1.